The van der Waals surface area contributed by atoms with E-state index in [2.05, 4.69) is 5.32 Å². The minimum atomic E-state index is -0.350. The van der Waals surface area contributed by atoms with Crippen LogP contribution in [0.5, 0.6) is 0 Å². The maximum atomic E-state index is 13.4. The van der Waals surface area contributed by atoms with Crippen molar-refractivity contribution in [2.45, 2.75) is 32.7 Å². The van der Waals surface area contributed by atoms with Crippen LogP contribution in [0.25, 0.3) is 11.0 Å². The van der Waals surface area contributed by atoms with Crippen molar-refractivity contribution in [3.8, 4) is 0 Å². The summed E-state index contributed by atoms with van der Waals surface area (Å²) in [7, 11) is 0. The zero-order valence-electron chi connectivity index (χ0n) is 14.3. The number of carbonyl (C=O) groups is 2. The smallest absolute Gasteiger partial charge is 0.317 e. The maximum Gasteiger partial charge on any atom is 0.317 e. The summed E-state index contributed by atoms with van der Waals surface area (Å²) in [4.78, 5) is 25.3. The number of hydrogen-bond donors (Lipinski definition) is 2. The van der Waals surface area contributed by atoms with Gasteiger partial charge in [0.1, 0.15) is 17.2 Å². The zero-order chi connectivity index (χ0) is 18.1. The lowest BCUT2D eigenvalue weighted by atomic mass is 9.96. The highest BCUT2D eigenvalue weighted by molar-refractivity contribution is 5.83. The molecule has 25 heavy (non-hydrogen) atoms. The number of hydrogen-bond acceptors (Lipinski definition) is 3. The first-order valence-electron chi connectivity index (χ1n) is 8.40. The van der Waals surface area contributed by atoms with Crippen LogP contribution in [-0.2, 0) is 4.79 Å². The topological polar surface area (TPSA) is 88.6 Å². The molecule has 1 atom stereocenters. The number of nitrogens with two attached hydrogens (primary N) is 1. The van der Waals surface area contributed by atoms with Crippen LogP contribution < -0.4 is 11.1 Å². The first-order valence-corrected chi connectivity index (χ1v) is 8.40. The summed E-state index contributed by atoms with van der Waals surface area (Å²) in [6.07, 6.45) is 1.17. The molecule has 3 rings (SSSR count). The molecule has 0 saturated carbocycles. The molecule has 1 aliphatic rings. The van der Waals surface area contributed by atoms with E-state index >= 15 is 0 Å². The summed E-state index contributed by atoms with van der Waals surface area (Å²) in [5.41, 5.74) is 6.72. The third-order valence-electron chi connectivity index (χ3n) is 4.85. The number of primary amides is 1. The third-order valence-corrected chi connectivity index (χ3v) is 4.85. The quantitative estimate of drug-likeness (QED) is 0.895. The lowest BCUT2D eigenvalue weighted by Gasteiger charge is -2.31. The highest BCUT2D eigenvalue weighted by Crippen LogP contribution is 2.30. The van der Waals surface area contributed by atoms with E-state index in [0.29, 0.717) is 42.7 Å². The molecule has 1 aromatic heterocycles. The van der Waals surface area contributed by atoms with Gasteiger partial charge in [-0.05, 0) is 44.9 Å². The second-order valence-corrected chi connectivity index (χ2v) is 6.57. The number of amides is 3. The Kier molecular flexibility index (Phi) is 4.65. The minimum absolute atomic E-state index is 0.158. The average molecular weight is 347 g/mol. The summed E-state index contributed by atoms with van der Waals surface area (Å²) in [5.74, 6) is -0.175. The number of carbonyl (C=O) groups excluding carboxylic acids is 2. The molecule has 7 heteroatoms. The summed E-state index contributed by atoms with van der Waals surface area (Å²) in [6, 6.07) is 3.81. The van der Waals surface area contributed by atoms with Crippen LogP contribution in [0.2, 0.25) is 0 Å². The largest absolute Gasteiger partial charge is 0.459 e. The minimum Gasteiger partial charge on any atom is -0.459 e. The van der Waals surface area contributed by atoms with Crippen molar-refractivity contribution in [1.82, 2.24) is 10.2 Å². The highest BCUT2D eigenvalue weighted by atomic mass is 19.1. The molecule has 3 amide bonds. The fraction of sp³-hybridized carbons (Fsp3) is 0.444. The van der Waals surface area contributed by atoms with Gasteiger partial charge in [0, 0.05) is 30.0 Å². The van der Waals surface area contributed by atoms with Crippen LogP contribution in [-0.4, -0.2) is 29.9 Å². The molecule has 134 valence electrons. The van der Waals surface area contributed by atoms with E-state index in [-0.39, 0.29) is 29.7 Å². The third kappa shape index (κ3) is 3.45. The Morgan fingerprint density at radius 2 is 2.04 bits per heavy atom. The van der Waals surface area contributed by atoms with Crippen LogP contribution in [0.1, 0.15) is 37.1 Å². The summed E-state index contributed by atoms with van der Waals surface area (Å²) >= 11 is 0. The van der Waals surface area contributed by atoms with Gasteiger partial charge in [-0.25, -0.2) is 9.18 Å². The number of aryl methyl sites for hydroxylation is 1. The van der Waals surface area contributed by atoms with Gasteiger partial charge in [-0.15, -0.1) is 0 Å². The first-order chi connectivity index (χ1) is 11.9. The molecule has 0 spiro atoms. The van der Waals surface area contributed by atoms with Crippen molar-refractivity contribution in [3.63, 3.8) is 0 Å². The molecule has 6 nitrogen and oxygen atoms in total. The normalized spacial score (nSPS) is 16.8. The van der Waals surface area contributed by atoms with Crippen LogP contribution in [0.15, 0.2) is 22.6 Å². The standard InChI is InChI=1S/C18H22FN3O3/c1-10-14-9-13(19)3-4-15(14)25-16(10)11(2)21-18(24)22-7-5-12(6-8-22)17(20)23/h3-4,9,11-12H,5-8H2,1-2H3,(H2,20,23)(H,21,24). The Labute approximate surface area is 145 Å². The molecule has 1 aliphatic heterocycles. The number of nitrogens with one attached hydrogen (secondary N) is 1. The number of rotatable bonds is 3. The Morgan fingerprint density at radius 1 is 1.36 bits per heavy atom. The molecule has 0 aliphatic carbocycles. The Balaban J connectivity index is 1.68. The van der Waals surface area contributed by atoms with Gasteiger partial charge in [-0.3, -0.25) is 4.79 Å². The van der Waals surface area contributed by atoms with E-state index < -0.39 is 0 Å². The predicted molar refractivity (Wildman–Crippen MR) is 91.3 cm³/mol. The van der Waals surface area contributed by atoms with E-state index in [4.69, 9.17) is 10.2 Å². The van der Waals surface area contributed by atoms with Gasteiger partial charge in [0.25, 0.3) is 0 Å². The monoisotopic (exact) mass is 347 g/mol. The number of fused-ring (bicyclic) bond motifs is 1. The summed E-state index contributed by atoms with van der Waals surface area (Å²) in [6.45, 7) is 4.67. The van der Waals surface area contributed by atoms with Crippen molar-refractivity contribution < 1.29 is 18.4 Å². The maximum absolute atomic E-state index is 13.4. The number of furan rings is 1. The van der Waals surface area contributed by atoms with E-state index in [1.54, 1.807) is 11.0 Å². The number of nitrogens with zero attached hydrogens (tertiary/aromatic N) is 1. The van der Waals surface area contributed by atoms with Crippen LogP contribution in [0, 0.1) is 18.7 Å². The lowest BCUT2D eigenvalue weighted by molar-refractivity contribution is -0.123. The molecule has 1 saturated heterocycles. The fourth-order valence-electron chi connectivity index (χ4n) is 3.33. The Morgan fingerprint density at radius 3 is 2.68 bits per heavy atom. The number of piperidine rings is 1. The van der Waals surface area contributed by atoms with Crippen molar-refractivity contribution in [2.24, 2.45) is 11.7 Å². The van der Waals surface area contributed by atoms with Gasteiger partial charge in [0.05, 0.1) is 6.04 Å². The highest BCUT2D eigenvalue weighted by Gasteiger charge is 2.27. The van der Waals surface area contributed by atoms with Crippen LogP contribution in [0.4, 0.5) is 9.18 Å². The van der Waals surface area contributed by atoms with Gasteiger partial charge in [0.15, 0.2) is 0 Å². The number of urea groups is 1. The number of halogens is 1. The van der Waals surface area contributed by atoms with Gasteiger partial charge < -0.3 is 20.4 Å². The molecular weight excluding hydrogens is 325 g/mol. The Bertz CT molecular complexity index is 809. The summed E-state index contributed by atoms with van der Waals surface area (Å²) < 4.78 is 19.2. The molecule has 3 N–H and O–H groups in total. The zero-order valence-corrected chi connectivity index (χ0v) is 14.3. The van der Waals surface area contributed by atoms with Crippen molar-refractivity contribution in [1.29, 1.82) is 0 Å². The van der Waals surface area contributed by atoms with Crippen molar-refractivity contribution in [2.75, 3.05) is 13.1 Å². The fourth-order valence-corrected chi connectivity index (χ4v) is 3.33. The molecule has 2 aromatic rings. The molecule has 1 fully saturated rings. The molecule has 1 aromatic carbocycles. The van der Waals surface area contributed by atoms with Crippen LogP contribution in [0.3, 0.4) is 0 Å². The molecular formula is C18H22FN3O3. The summed E-state index contributed by atoms with van der Waals surface area (Å²) in [5, 5.41) is 3.62. The SMILES string of the molecule is Cc1c(C(C)NC(=O)N2CCC(C(N)=O)CC2)oc2ccc(F)cc12. The molecule has 0 radical (unpaired) electrons. The van der Waals surface area contributed by atoms with E-state index in [1.807, 2.05) is 13.8 Å². The molecule has 0 bridgehead atoms. The first kappa shape index (κ1) is 17.3. The lowest BCUT2D eigenvalue weighted by Crippen LogP contribution is -2.46. The second kappa shape index (κ2) is 6.74. The average Bonchev–Trinajstić information content (AvgIpc) is 2.91. The van der Waals surface area contributed by atoms with E-state index in [0.717, 1.165) is 5.56 Å². The van der Waals surface area contributed by atoms with E-state index in [1.165, 1.54) is 12.1 Å². The molecule has 1 unspecified atom stereocenters. The van der Waals surface area contributed by atoms with Gasteiger partial charge in [-0.2, -0.15) is 0 Å². The predicted octanol–water partition coefficient (Wildman–Crippen LogP) is 2.85. The van der Waals surface area contributed by atoms with Crippen molar-refractivity contribution >= 4 is 22.9 Å². The van der Waals surface area contributed by atoms with E-state index in [9.17, 15) is 14.0 Å². The molecule has 2 heterocycles. The number of likely N-dealkylation sites (tertiary alicyclic amines) is 1. The number of benzene rings is 1. The Hall–Kier alpha value is -2.57. The van der Waals surface area contributed by atoms with Gasteiger partial charge >= 0.3 is 6.03 Å². The second-order valence-electron chi connectivity index (χ2n) is 6.57. The van der Waals surface area contributed by atoms with Crippen molar-refractivity contribution in [3.05, 3.63) is 35.3 Å². The van der Waals surface area contributed by atoms with Crippen LogP contribution >= 0.6 is 0 Å². The van der Waals surface area contributed by atoms with Gasteiger partial charge in [0.2, 0.25) is 5.91 Å². The van der Waals surface area contributed by atoms with Gasteiger partial charge in [-0.1, -0.05) is 0 Å².